The van der Waals surface area contributed by atoms with Gasteiger partial charge in [0.2, 0.25) is 0 Å². The monoisotopic (exact) mass is 485 g/mol. The van der Waals surface area contributed by atoms with E-state index in [0.29, 0.717) is 6.04 Å². The molecule has 5 nitrogen and oxygen atoms in total. The van der Waals surface area contributed by atoms with Crippen LogP contribution in [0.3, 0.4) is 0 Å². The molecular weight excluding hydrogens is 456 g/mol. The van der Waals surface area contributed by atoms with Crippen molar-refractivity contribution < 1.29 is 46.1 Å². The molecule has 1 aromatic carbocycles. The summed E-state index contributed by atoms with van der Waals surface area (Å²) < 4.78 is 63.5. The largest absolute Gasteiger partial charge is 0.490 e. The van der Waals surface area contributed by atoms with Crippen LogP contribution in [0, 0.1) is 5.92 Å². The van der Waals surface area contributed by atoms with Gasteiger partial charge in [0, 0.05) is 6.04 Å². The lowest BCUT2D eigenvalue weighted by atomic mass is 9.80. The number of halogens is 6. The third kappa shape index (κ3) is 10.9. The van der Waals surface area contributed by atoms with Crippen LogP contribution in [0.25, 0.3) is 0 Å². The van der Waals surface area contributed by atoms with Gasteiger partial charge < -0.3 is 10.2 Å². The first-order valence-electron chi connectivity index (χ1n) is 10.7. The Kier molecular flexibility index (Phi) is 11.7. The maximum atomic E-state index is 10.6. The van der Waals surface area contributed by atoms with Gasteiger partial charge >= 0.3 is 24.3 Å². The van der Waals surface area contributed by atoms with Gasteiger partial charge in [-0.1, -0.05) is 56.0 Å². The lowest BCUT2D eigenvalue weighted by Crippen LogP contribution is -2.38. The Morgan fingerprint density at radius 3 is 1.55 bits per heavy atom. The molecule has 1 atom stereocenters. The zero-order chi connectivity index (χ0) is 25.1. The number of hydrogen-bond donors (Lipinski definition) is 2. The first kappa shape index (κ1) is 28.7. The highest BCUT2D eigenvalue weighted by Crippen LogP contribution is 2.39. The number of hydrogen-bond acceptors (Lipinski definition) is 3. The minimum Gasteiger partial charge on any atom is -0.475 e. The van der Waals surface area contributed by atoms with E-state index in [-0.39, 0.29) is 0 Å². The van der Waals surface area contributed by atoms with Crippen LogP contribution in [0.1, 0.15) is 63.0 Å². The van der Waals surface area contributed by atoms with Crippen molar-refractivity contribution in [1.29, 1.82) is 0 Å². The van der Waals surface area contributed by atoms with Crippen LogP contribution in [0.5, 0.6) is 0 Å². The third-order valence-electron chi connectivity index (χ3n) is 5.51. The smallest absolute Gasteiger partial charge is 0.475 e. The molecule has 1 saturated carbocycles. The molecule has 1 heterocycles. The van der Waals surface area contributed by atoms with Crippen molar-refractivity contribution in [1.82, 2.24) is 4.90 Å². The van der Waals surface area contributed by atoms with Gasteiger partial charge in [-0.2, -0.15) is 26.3 Å². The summed E-state index contributed by atoms with van der Waals surface area (Å²) in [6.07, 6.45) is 1.29. The number of alkyl halides is 6. The number of nitrogens with zero attached hydrogens (tertiary/aromatic N) is 1. The normalized spacial score (nSPS) is 18.7. The van der Waals surface area contributed by atoms with E-state index in [1.807, 2.05) is 0 Å². The van der Waals surface area contributed by atoms with Crippen molar-refractivity contribution in [2.24, 2.45) is 5.92 Å². The fourth-order valence-electron chi connectivity index (χ4n) is 4.08. The predicted molar refractivity (Wildman–Crippen MR) is 109 cm³/mol. The number of carbonyl (C=O) groups is 2. The summed E-state index contributed by atoms with van der Waals surface area (Å²) in [5.74, 6) is -4.62. The van der Waals surface area contributed by atoms with Gasteiger partial charge in [-0.15, -0.1) is 0 Å². The second-order valence-electron chi connectivity index (χ2n) is 7.96. The molecule has 1 unspecified atom stereocenters. The van der Waals surface area contributed by atoms with Crippen molar-refractivity contribution in [3.05, 3.63) is 35.9 Å². The molecular formula is C22H29F6NO4. The molecule has 1 aliphatic heterocycles. The third-order valence-corrected chi connectivity index (χ3v) is 5.51. The average molecular weight is 485 g/mol. The highest BCUT2D eigenvalue weighted by atomic mass is 19.4. The molecule has 11 heteroatoms. The number of carboxylic acids is 2. The first-order valence-corrected chi connectivity index (χ1v) is 10.7. The summed E-state index contributed by atoms with van der Waals surface area (Å²) in [5, 5.41) is 14.2. The van der Waals surface area contributed by atoms with Crippen LogP contribution in [0.15, 0.2) is 30.3 Å². The Hall–Kier alpha value is -2.30. The van der Waals surface area contributed by atoms with Gasteiger partial charge in [0.15, 0.2) is 0 Å². The summed E-state index contributed by atoms with van der Waals surface area (Å²) in [7, 11) is 0. The van der Waals surface area contributed by atoms with Crippen molar-refractivity contribution in [2.45, 2.75) is 69.8 Å². The zero-order valence-electron chi connectivity index (χ0n) is 18.0. The van der Waals surface area contributed by atoms with E-state index in [4.69, 9.17) is 19.8 Å². The molecule has 1 saturated heterocycles. The van der Waals surface area contributed by atoms with Gasteiger partial charge in [0.25, 0.3) is 0 Å². The minimum atomic E-state index is -5.08. The molecule has 0 radical (unpaired) electrons. The predicted octanol–water partition coefficient (Wildman–Crippen LogP) is 6.06. The molecule has 33 heavy (non-hydrogen) atoms. The molecule has 188 valence electrons. The second-order valence-corrected chi connectivity index (χ2v) is 7.96. The zero-order valence-corrected chi connectivity index (χ0v) is 18.0. The van der Waals surface area contributed by atoms with Crippen molar-refractivity contribution in [3.8, 4) is 0 Å². The van der Waals surface area contributed by atoms with E-state index >= 15 is 0 Å². The van der Waals surface area contributed by atoms with E-state index in [9.17, 15) is 26.3 Å². The quantitative estimate of drug-likeness (QED) is 0.509. The Labute approximate surface area is 188 Å². The maximum absolute atomic E-state index is 10.6. The van der Waals surface area contributed by atoms with Gasteiger partial charge in [-0.3, -0.25) is 4.90 Å². The van der Waals surface area contributed by atoms with E-state index in [1.54, 1.807) is 5.56 Å². The minimum absolute atomic E-state index is 0.696. The number of likely N-dealkylation sites (tertiary alicyclic amines) is 1. The van der Waals surface area contributed by atoms with E-state index in [0.717, 1.165) is 5.92 Å². The highest BCUT2D eigenvalue weighted by Gasteiger charge is 2.39. The van der Waals surface area contributed by atoms with Crippen LogP contribution >= 0.6 is 0 Å². The standard InChI is InChI=1S/C18H27N.2C2HF3O2/c1-4-10-16(11-5-1)18(17-12-6-2-7-13-17)19-14-8-3-9-15-19;2*3-2(4,5)1(6)7/h1,4-5,10-11,17-18H,2-3,6-9,12-15H2;2*(H,6,7). The Morgan fingerprint density at radius 1 is 0.758 bits per heavy atom. The number of aliphatic carboxylic acids is 2. The molecule has 2 fully saturated rings. The van der Waals surface area contributed by atoms with Crippen LogP contribution in [0.4, 0.5) is 26.3 Å². The van der Waals surface area contributed by atoms with Gasteiger partial charge in [-0.25, -0.2) is 9.59 Å². The van der Waals surface area contributed by atoms with Crippen LogP contribution in [-0.2, 0) is 9.59 Å². The number of piperidine rings is 1. The molecule has 1 aromatic rings. The molecule has 0 spiro atoms. The highest BCUT2D eigenvalue weighted by molar-refractivity contribution is 5.73. The fraction of sp³-hybridized carbons (Fsp3) is 0.636. The van der Waals surface area contributed by atoms with Crippen LogP contribution in [-0.4, -0.2) is 52.5 Å². The second kappa shape index (κ2) is 13.4. The number of carboxylic acid groups (broad SMARTS) is 2. The van der Waals surface area contributed by atoms with E-state index < -0.39 is 24.3 Å². The van der Waals surface area contributed by atoms with Gasteiger partial charge in [0.1, 0.15) is 0 Å². The molecule has 2 aliphatic rings. The Balaban J connectivity index is 0.000000324. The Bertz CT molecular complexity index is 670. The fourth-order valence-corrected chi connectivity index (χ4v) is 4.08. The molecule has 1 aliphatic carbocycles. The lowest BCUT2D eigenvalue weighted by molar-refractivity contribution is -0.193. The summed E-state index contributed by atoms with van der Waals surface area (Å²) in [6.45, 7) is 2.63. The van der Waals surface area contributed by atoms with Crippen molar-refractivity contribution in [3.63, 3.8) is 0 Å². The average Bonchev–Trinajstić information content (AvgIpc) is 2.76. The van der Waals surface area contributed by atoms with Crippen molar-refractivity contribution >= 4 is 11.9 Å². The maximum Gasteiger partial charge on any atom is 0.490 e. The lowest BCUT2D eigenvalue weighted by Gasteiger charge is -2.41. The first-order chi connectivity index (χ1) is 15.3. The summed E-state index contributed by atoms with van der Waals surface area (Å²) in [5.41, 5.74) is 1.57. The van der Waals surface area contributed by atoms with E-state index in [2.05, 4.69) is 35.2 Å². The van der Waals surface area contributed by atoms with Gasteiger partial charge in [-0.05, 0) is 50.3 Å². The van der Waals surface area contributed by atoms with Crippen LogP contribution in [0.2, 0.25) is 0 Å². The van der Waals surface area contributed by atoms with Gasteiger partial charge in [0.05, 0.1) is 0 Å². The van der Waals surface area contributed by atoms with E-state index in [1.165, 1.54) is 64.5 Å². The Morgan fingerprint density at radius 2 is 1.15 bits per heavy atom. The van der Waals surface area contributed by atoms with Crippen molar-refractivity contribution in [2.75, 3.05) is 13.1 Å². The summed E-state index contributed by atoms with van der Waals surface area (Å²) in [6, 6.07) is 12.0. The topological polar surface area (TPSA) is 77.8 Å². The van der Waals surface area contributed by atoms with Crippen LogP contribution < -0.4 is 0 Å². The SMILES string of the molecule is O=C(O)C(F)(F)F.O=C(O)C(F)(F)F.c1ccc(C(C2CCCCC2)N2CCCCC2)cc1. The molecule has 2 N–H and O–H groups in total. The number of benzene rings is 1. The molecule has 3 rings (SSSR count). The summed E-state index contributed by atoms with van der Waals surface area (Å²) in [4.78, 5) is 20.6. The molecule has 0 aromatic heterocycles. The summed E-state index contributed by atoms with van der Waals surface area (Å²) >= 11 is 0. The molecule has 0 bridgehead atoms. The molecule has 0 amide bonds. The number of rotatable bonds is 3.